The Hall–Kier alpha value is -1.36. The first-order valence-corrected chi connectivity index (χ1v) is 6.19. The van der Waals surface area contributed by atoms with Crippen LogP contribution in [0, 0.1) is 0 Å². The maximum absolute atomic E-state index is 12.1. The second kappa shape index (κ2) is 7.43. The summed E-state index contributed by atoms with van der Waals surface area (Å²) in [4.78, 5) is 16.3. The standard InChI is InChI=1S/C14H15N3O.2ClH/c18-14(17-12-5-7-15-9-12)11-3-4-13-10(8-11)2-1-6-16-13;;/h1-4,6,8,12,15H,5,7,9H2,(H,17,18);2*1H. The highest BCUT2D eigenvalue weighted by Crippen LogP contribution is 2.13. The molecule has 1 aliphatic rings. The van der Waals surface area contributed by atoms with Crippen LogP contribution in [0.5, 0.6) is 0 Å². The molecule has 2 heterocycles. The van der Waals surface area contributed by atoms with Crippen LogP contribution in [0.4, 0.5) is 0 Å². The third kappa shape index (κ3) is 3.60. The number of benzene rings is 1. The van der Waals surface area contributed by atoms with E-state index in [0.717, 1.165) is 30.4 Å². The van der Waals surface area contributed by atoms with Crippen molar-refractivity contribution in [2.75, 3.05) is 13.1 Å². The summed E-state index contributed by atoms with van der Waals surface area (Å²) in [6.45, 7) is 1.84. The zero-order valence-electron chi connectivity index (χ0n) is 10.8. The fourth-order valence-corrected chi connectivity index (χ4v) is 2.26. The molecule has 1 amide bonds. The molecule has 1 atom stereocenters. The normalized spacial score (nSPS) is 17.1. The number of pyridine rings is 1. The number of nitrogens with zero attached hydrogens (tertiary/aromatic N) is 1. The van der Waals surface area contributed by atoms with Gasteiger partial charge in [-0.15, -0.1) is 24.8 Å². The van der Waals surface area contributed by atoms with E-state index in [1.54, 1.807) is 6.20 Å². The van der Waals surface area contributed by atoms with Crippen LogP contribution >= 0.6 is 24.8 Å². The lowest BCUT2D eigenvalue weighted by Crippen LogP contribution is -2.36. The maximum Gasteiger partial charge on any atom is 0.251 e. The highest BCUT2D eigenvalue weighted by atomic mass is 35.5. The van der Waals surface area contributed by atoms with Gasteiger partial charge in [0.25, 0.3) is 5.91 Å². The van der Waals surface area contributed by atoms with Gasteiger partial charge in [-0.25, -0.2) is 0 Å². The Kier molecular flexibility index (Phi) is 6.20. The third-order valence-electron chi connectivity index (χ3n) is 3.26. The molecule has 108 valence electrons. The number of rotatable bonds is 2. The van der Waals surface area contributed by atoms with Gasteiger partial charge in [0.05, 0.1) is 5.52 Å². The fourth-order valence-electron chi connectivity index (χ4n) is 2.26. The Balaban J connectivity index is 0.000001000. The third-order valence-corrected chi connectivity index (χ3v) is 3.26. The van der Waals surface area contributed by atoms with Gasteiger partial charge in [0.2, 0.25) is 0 Å². The molecule has 2 N–H and O–H groups in total. The summed E-state index contributed by atoms with van der Waals surface area (Å²) in [7, 11) is 0. The number of aromatic nitrogens is 1. The minimum atomic E-state index is -0.00514. The molecule has 1 aliphatic heterocycles. The molecule has 20 heavy (non-hydrogen) atoms. The molecule has 1 unspecified atom stereocenters. The first-order valence-electron chi connectivity index (χ1n) is 6.19. The average Bonchev–Trinajstić information content (AvgIpc) is 2.91. The van der Waals surface area contributed by atoms with Crippen molar-refractivity contribution in [2.24, 2.45) is 0 Å². The predicted molar refractivity (Wildman–Crippen MR) is 85.0 cm³/mol. The molecule has 3 rings (SSSR count). The van der Waals surface area contributed by atoms with E-state index in [9.17, 15) is 4.79 Å². The summed E-state index contributed by atoms with van der Waals surface area (Å²) in [5.41, 5.74) is 1.61. The van der Waals surface area contributed by atoms with Gasteiger partial charge in [-0.1, -0.05) is 6.07 Å². The van der Waals surface area contributed by atoms with E-state index >= 15 is 0 Å². The number of hydrogen-bond donors (Lipinski definition) is 2. The van der Waals surface area contributed by atoms with Gasteiger partial charge in [0.1, 0.15) is 0 Å². The first kappa shape index (κ1) is 16.7. The number of halogens is 2. The van der Waals surface area contributed by atoms with Crippen LogP contribution in [0.1, 0.15) is 16.8 Å². The SMILES string of the molecule is Cl.Cl.O=C(NC1CCNC1)c1ccc2ncccc2c1. The van der Waals surface area contributed by atoms with Gasteiger partial charge in [0, 0.05) is 29.7 Å². The quantitative estimate of drug-likeness (QED) is 0.893. The molecule has 1 saturated heterocycles. The topological polar surface area (TPSA) is 54.0 Å². The van der Waals surface area contributed by atoms with Crippen LogP contribution in [0.2, 0.25) is 0 Å². The van der Waals surface area contributed by atoms with E-state index in [-0.39, 0.29) is 36.8 Å². The van der Waals surface area contributed by atoms with Crippen molar-refractivity contribution in [1.29, 1.82) is 0 Å². The van der Waals surface area contributed by atoms with Crippen molar-refractivity contribution in [2.45, 2.75) is 12.5 Å². The molecule has 1 fully saturated rings. The number of nitrogens with one attached hydrogen (secondary N) is 2. The largest absolute Gasteiger partial charge is 0.348 e. The summed E-state index contributed by atoms with van der Waals surface area (Å²) in [6, 6.07) is 9.70. The van der Waals surface area contributed by atoms with Crippen molar-refractivity contribution >= 4 is 41.6 Å². The van der Waals surface area contributed by atoms with Gasteiger partial charge >= 0.3 is 0 Å². The lowest BCUT2D eigenvalue weighted by Gasteiger charge is -2.11. The van der Waals surface area contributed by atoms with Crippen LogP contribution in [0.25, 0.3) is 10.9 Å². The van der Waals surface area contributed by atoms with Crippen LogP contribution in [0.3, 0.4) is 0 Å². The number of hydrogen-bond acceptors (Lipinski definition) is 3. The molecule has 2 aromatic rings. The van der Waals surface area contributed by atoms with Crippen molar-refractivity contribution in [3.63, 3.8) is 0 Å². The fraction of sp³-hybridized carbons (Fsp3) is 0.286. The summed E-state index contributed by atoms with van der Waals surface area (Å²) >= 11 is 0. The molecule has 1 aromatic carbocycles. The Morgan fingerprint density at radius 3 is 2.90 bits per heavy atom. The van der Waals surface area contributed by atoms with Gasteiger partial charge in [0.15, 0.2) is 0 Å². The molecule has 0 bridgehead atoms. The van der Waals surface area contributed by atoms with Crippen LogP contribution in [0.15, 0.2) is 36.5 Å². The number of fused-ring (bicyclic) bond motifs is 1. The van der Waals surface area contributed by atoms with Crippen LogP contribution in [-0.4, -0.2) is 30.0 Å². The van der Waals surface area contributed by atoms with Crippen molar-refractivity contribution in [3.05, 3.63) is 42.1 Å². The molecular formula is C14H17Cl2N3O. The molecule has 1 aromatic heterocycles. The zero-order valence-corrected chi connectivity index (χ0v) is 12.5. The molecular weight excluding hydrogens is 297 g/mol. The summed E-state index contributed by atoms with van der Waals surface area (Å²) in [5, 5.41) is 7.27. The number of amides is 1. The Bertz CT molecular complexity index is 585. The van der Waals surface area contributed by atoms with E-state index in [1.165, 1.54) is 0 Å². The minimum absolute atomic E-state index is 0. The number of carbonyl (C=O) groups excluding carboxylic acids is 1. The first-order chi connectivity index (χ1) is 8.83. The van der Waals surface area contributed by atoms with Gasteiger partial charge in [-0.3, -0.25) is 9.78 Å². The predicted octanol–water partition coefficient (Wildman–Crippen LogP) is 2.17. The summed E-state index contributed by atoms with van der Waals surface area (Å²) in [5.74, 6) is -0.00514. The molecule has 0 radical (unpaired) electrons. The van der Waals surface area contributed by atoms with E-state index in [0.29, 0.717) is 5.56 Å². The lowest BCUT2D eigenvalue weighted by atomic mass is 10.1. The highest BCUT2D eigenvalue weighted by molar-refractivity contribution is 5.98. The zero-order chi connectivity index (χ0) is 12.4. The maximum atomic E-state index is 12.1. The van der Waals surface area contributed by atoms with Crippen molar-refractivity contribution in [1.82, 2.24) is 15.6 Å². The Morgan fingerprint density at radius 1 is 1.30 bits per heavy atom. The Morgan fingerprint density at radius 2 is 2.15 bits per heavy atom. The van der Waals surface area contributed by atoms with E-state index in [2.05, 4.69) is 15.6 Å². The van der Waals surface area contributed by atoms with Crippen molar-refractivity contribution in [3.8, 4) is 0 Å². The lowest BCUT2D eigenvalue weighted by molar-refractivity contribution is 0.0940. The number of carbonyl (C=O) groups is 1. The van der Waals surface area contributed by atoms with Gasteiger partial charge in [-0.2, -0.15) is 0 Å². The van der Waals surface area contributed by atoms with E-state index in [1.807, 2.05) is 30.3 Å². The van der Waals surface area contributed by atoms with Crippen molar-refractivity contribution < 1.29 is 4.79 Å². The van der Waals surface area contributed by atoms with Gasteiger partial charge < -0.3 is 10.6 Å². The summed E-state index contributed by atoms with van der Waals surface area (Å²) in [6.07, 6.45) is 2.76. The summed E-state index contributed by atoms with van der Waals surface area (Å²) < 4.78 is 0. The van der Waals surface area contributed by atoms with E-state index in [4.69, 9.17) is 0 Å². The molecule has 0 aliphatic carbocycles. The molecule has 0 saturated carbocycles. The highest BCUT2D eigenvalue weighted by Gasteiger charge is 2.17. The smallest absolute Gasteiger partial charge is 0.251 e. The molecule has 0 spiro atoms. The minimum Gasteiger partial charge on any atom is -0.348 e. The second-order valence-corrected chi connectivity index (χ2v) is 4.57. The Labute approximate surface area is 130 Å². The van der Waals surface area contributed by atoms with E-state index < -0.39 is 0 Å². The average molecular weight is 314 g/mol. The van der Waals surface area contributed by atoms with Crippen LogP contribution in [-0.2, 0) is 0 Å². The monoisotopic (exact) mass is 313 g/mol. The van der Waals surface area contributed by atoms with Gasteiger partial charge in [-0.05, 0) is 37.2 Å². The van der Waals surface area contributed by atoms with Crippen LogP contribution < -0.4 is 10.6 Å². The molecule has 4 nitrogen and oxygen atoms in total. The second-order valence-electron chi connectivity index (χ2n) is 4.57. The molecule has 6 heteroatoms.